The zero-order chi connectivity index (χ0) is 23.2. The Morgan fingerprint density at radius 1 is 1.23 bits per heavy atom. The van der Waals surface area contributed by atoms with Crippen LogP contribution in [0.1, 0.15) is 57.1 Å². The number of carbonyl (C=O) groups is 1. The van der Waals surface area contributed by atoms with Crippen LogP contribution in [0.3, 0.4) is 0 Å². The molecule has 0 N–H and O–H groups in total. The Balaban J connectivity index is 2.65. The van der Waals surface area contributed by atoms with E-state index in [1.54, 1.807) is 20.2 Å². The molecule has 0 aliphatic heterocycles. The summed E-state index contributed by atoms with van der Waals surface area (Å²) in [5.41, 5.74) is 4.59. The minimum atomic E-state index is -0.878. The fourth-order valence-corrected chi connectivity index (χ4v) is 3.15. The molecule has 1 heterocycles. The Morgan fingerprint density at radius 2 is 1.87 bits per heavy atom. The van der Waals surface area contributed by atoms with Crippen LogP contribution < -0.4 is 0 Å². The van der Waals surface area contributed by atoms with Gasteiger partial charge < -0.3 is 14.2 Å². The van der Waals surface area contributed by atoms with Crippen LogP contribution >= 0.6 is 0 Å². The van der Waals surface area contributed by atoms with Gasteiger partial charge in [-0.2, -0.15) is 5.10 Å². The Labute approximate surface area is 184 Å². The van der Waals surface area contributed by atoms with Gasteiger partial charge in [0.15, 0.2) is 5.76 Å². The molecule has 168 valence electrons. The van der Waals surface area contributed by atoms with E-state index in [1.807, 2.05) is 36.7 Å². The second-order valence-electron chi connectivity index (χ2n) is 8.20. The van der Waals surface area contributed by atoms with Crippen molar-refractivity contribution in [3.8, 4) is 0 Å². The van der Waals surface area contributed by atoms with Crippen molar-refractivity contribution in [2.45, 2.75) is 59.8 Å². The van der Waals surface area contributed by atoms with Crippen LogP contribution in [0.15, 0.2) is 35.3 Å². The van der Waals surface area contributed by atoms with Crippen molar-refractivity contribution in [2.24, 2.45) is 4.99 Å². The lowest BCUT2D eigenvalue weighted by atomic mass is 9.86. The third kappa shape index (κ3) is 6.20. The molecule has 1 atom stereocenters. The summed E-state index contributed by atoms with van der Waals surface area (Å²) in [6, 6.07) is 10.2. The largest absolute Gasteiger partial charge is 0.511 e. The molecular formula is C24H33N3O4. The monoisotopic (exact) mass is 427 g/mol. The van der Waals surface area contributed by atoms with Gasteiger partial charge in [-0.25, -0.2) is 4.79 Å². The standard InChI is InChI=1S/C24H33N3O4/c1-9-27-21(14-16(2)26-27)22(30-17(3)31-23(28)29-8)20(15-25-7)18-10-12-19(13-11-18)24(4,5)6/h10-15,17H,9H2,1-8H3/b22-20-,25-15?. The summed E-state index contributed by atoms with van der Waals surface area (Å²) >= 11 is 0. The van der Waals surface area contributed by atoms with Crippen LogP contribution in [0.5, 0.6) is 0 Å². The first-order valence-electron chi connectivity index (χ1n) is 10.3. The number of hydrogen-bond donors (Lipinski definition) is 0. The molecular weight excluding hydrogens is 394 g/mol. The summed E-state index contributed by atoms with van der Waals surface area (Å²) in [4.78, 5) is 15.8. The average molecular weight is 428 g/mol. The van der Waals surface area contributed by atoms with Crippen molar-refractivity contribution in [2.75, 3.05) is 14.2 Å². The molecule has 0 bridgehead atoms. The lowest BCUT2D eigenvalue weighted by molar-refractivity contribution is -0.0619. The third-order valence-corrected chi connectivity index (χ3v) is 4.71. The predicted molar refractivity (Wildman–Crippen MR) is 123 cm³/mol. The van der Waals surface area contributed by atoms with E-state index in [2.05, 4.69) is 47.7 Å². The molecule has 0 amide bonds. The van der Waals surface area contributed by atoms with E-state index in [1.165, 1.54) is 12.7 Å². The molecule has 7 nitrogen and oxygen atoms in total. The topological polar surface area (TPSA) is 74.9 Å². The van der Waals surface area contributed by atoms with E-state index in [0.717, 1.165) is 22.5 Å². The van der Waals surface area contributed by atoms with Crippen LogP contribution in [0.4, 0.5) is 4.79 Å². The lowest BCUT2D eigenvalue weighted by Gasteiger charge is -2.21. The molecule has 0 saturated heterocycles. The number of aliphatic imine (C=N–C) groups is 1. The second kappa shape index (κ2) is 10.3. The lowest BCUT2D eigenvalue weighted by Crippen LogP contribution is -2.19. The quantitative estimate of drug-likeness (QED) is 0.262. The van der Waals surface area contributed by atoms with E-state index in [9.17, 15) is 4.79 Å². The number of allylic oxidation sites excluding steroid dienone is 1. The Bertz CT molecular complexity index is 950. The number of rotatable bonds is 7. The predicted octanol–water partition coefficient (Wildman–Crippen LogP) is 5.22. The first-order chi connectivity index (χ1) is 14.6. The Morgan fingerprint density at radius 3 is 2.39 bits per heavy atom. The number of aryl methyl sites for hydroxylation is 2. The first-order valence-corrected chi connectivity index (χ1v) is 10.3. The molecule has 0 radical (unpaired) electrons. The van der Waals surface area contributed by atoms with Gasteiger partial charge in [0.2, 0.25) is 6.29 Å². The van der Waals surface area contributed by atoms with Gasteiger partial charge in [0.25, 0.3) is 0 Å². The smallest absolute Gasteiger partial charge is 0.452 e. The number of methoxy groups -OCH3 is 1. The molecule has 2 rings (SSSR count). The van der Waals surface area contributed by atoms with E-state index in [4.69, 9.17) is 9.47 Å². The van der Waals surface area contributed by atoms with E-state index in [0.29, 0.717) is 12.3 Å². The van der Waals surface area contributed by atoms with E-state index < -0.39 is 12.4 Å². The van der Waals surface area contributed by atoms with Crippen molar-refractivity contribution >= 4 is 23.7 Å². The maximum Gasteiger partial charge on any atom is 0.511 e. The number of aromatic nitrogens is 2. The fraction of sp³-hybridized carbons (Fsp3) is 0.458. The first kappa shape index (κ1) is 24.2. The molecule has 31 heavy (non-hydrogen) atoms. The van der Waals surface area contributed by atoms with E-state index in [-0.39, 0.29) is 5.41 Å². The highest BCUT2D eigenvalue weighted by molar-refractivity contribution is 6.18. The van der Waals surface area contributed by atoms with Gasteiger partial charge in [-0.3, -0.25) is 9.67 Å². The van der Waals surface area contributed by atoms with Crippen LogP contribution in [-0.4, -0.2) is 42.6 Å². The van der Waals surface area contributed by atoms with Crippen LogP contribution in [0, 0.1) is 6.92 Å². The normalized spacial score (nSPS) is 13.7. The molecule has 0 aliphatic rings. The number of benzene rings is 1. The van der Waals surface area contributed by atoms with Crippen molar-refractivity contribution < 1.29 is 19.0 Å². The van der Waals surface area contributed by atoms with Crippen molar-refractivity contribution in [1.29, 1.82) is 0 Å². The molecule has 1 aromatic carbocycles. The molecule has 2 aromatic rings. The number of carbonyl (C=O) groups excluding carboxylic acids is 1. The molecule has 0 saturated carbocycles. The highest BCUT2D eigenvalue weighted by Gasteiger charge is 2.22. The number of nitrogens with zero attached hydrogens (tertiary/aromatic N) is 3. The fourth-order valence-electron chi connectivity index (χ4n) is 3.15. The number of ether oxygens (including phenoxy) is 3. The highest BCUT2D eigenvalue weighted by atomic mass is 16.8. The van der Waals surface area contributed by atoms with Gasteiger partial charge in [-0.15, -0.1) is 0 Å². The Kier molecular flexibility index (Phi) is 8.02. The highest BCUT2D eigenvalue weighted by Crippen LogP contribution is 2.30. The summed E-state index contributed by atoms with van der Waals surface area (Å²) in [6.45, 7) is 12.8. The molecule has 1 unspecified atom stereocenters. The maximum atomic E-state index is 11.6. The third-order valence-electron chi connectivity index (χ3n) is 4.71. The minimum absolute atomic E-state index is 0.0430. The van der Waals surface area contributed by atoms with Crippen molar-refractivity contribution in [3.63, 3.8) is 0 Å². The van der Waals surface area contributed by atoms with Crippen molar-refractivity contribution in [3.05, 3.63) is 52.8 Å². The summed E-state index contributed by atoms with van der Waals surface area (Å²) in [6.07, 6.45) is 0.0542. The summed E-state index contributed by atoms with van der Waals surface area (Å²) in [5.74, 6) is 0.521. The van der Waals surface area contributed by atoms with Crippen LogP contribution in [-0.2, 0) is 26.2 Å². The second-order valence-corrected chi connectivity index (χ2v) is 8.20. The summed E-state index contributed by atoms with van der Waals surface area (Å²) in [5, 5.41) is 4.54. The zero-order valence-electron chi connectivity index (χ0n) is 19.7. The van der Waals surface area contributed by atoms with Crippen molar-refractivity contribution in [1.82, 2.24) is 9.78 Å². The van der Waals surface area contributed by atoms with Gasteiger partial charge in [0, 0.05) is 32.3 Å². The zero-order valence-corrected chi connectivity index (χ0v) is 19.7. The van der Waals surface area contributed by atoms with Gasteiger partial charge in [-0.05, 0) is 36.5 Å². The van der Waals surface area contributed by atoms with Gasteiger partial charge in [0.1, 0.15) is 5.69 Å². The molecule has 0 spiro atoms. The number of hydrogen-bond acceptors (Lipinski definition) is 6. The average Bonchev–Trinajstić information content (AvgIpc) is 3.10. The minimum Gasteiger partial charge on any atom is -0.452 e. The SMILES string of the molecule is CCn1nc(C)cc1/C(OC(C)OC(=O)OC)=C(\C=NC)c1ccc(C(C)(C)C)cc1. The molecule has 7 heteroatoms. The molecule has 0 fully saturated rings. The van der Waals surface area contributed by atoms with Gasteiger partial charge in [-0.1, -0.05) is 45.0 Å². The summed E-state index contributed by atoms with van der Waals surface area (Å²) < 4.78 is 17.7. The summed E-state index contributed by atoms with van der Waals surface area (Å²) in [7, 11) is 2.96. The van der Waals surface area contributed by atoms with Crippen LogP contribution in [0.25, 0.3) is 11.3 Å². The molecule has 1 aromatic heterocycles. The van der Waals surface area contributed by atoms with Gasteiger partial charge >= 0.3 is 6.16 Å². The van der Waals surface area contributed by atoms with E-state index >= 15 is 0 Å². The Hall–Kier alpha value is -3.09. The van der Waals surface area contributed by atoms with Crippen LogP contribution in [0.2, 0.25) is 0 Å². The maximum absolute atomic E-state index is 11.6. The molecule has 0 aliphatic carbocycles. The van der Waals surface area contributed by atoms with Gasteiger partial charge in [0.05, 0.1) is 12.8 Å².